The summed E-state index contributed by atoms with van der Waals surface area (Å²) in [7, 11) is 0. The van der Waals surface area contributed by atoms with Gasteiger partial charge in [-0.05, 0) is 83.5 Å². The van der Waals surface area contributed by atoms with Crippen LogP contribution in [0.25, 0.3) is 0 Å². The maximum Gasteiger partial charge on any atom is 0.305 e. The summed E-state index contributed by atoms with van der Waals surface area (Å²) >= 11 is 0. The zero-order valence-corrected chi connectivity index (χ0v) is 47.0. The Kier molecular flexibility index (Phi) is 58.0. The zero-order valence-electron chi connectivity index (χ0n) is 47.0. The Bertz CT molecular complexity index is 1130. The van der Waals surface area contributed by atoms with E-state index in [2.05, 4.69) is 43.5 Å². The lowest BCUT2D eigenvalue weighted by molar-refractivity contribution is -0.143. The quantitative estimate of drug-likeness (QED) is 0.0321. The van der Waals surface area contributed by atoms with Gasteiger partial charge >= 0.3 is 5.97 Å². The van der Waals surface area contributed by atoms with E-state index in [1.54, 1.807) is 6.08 Å². The van der Waals surface area contributed by atoms with Gasteiger partial charge in [0.25, 0.3) is 0 Å². The van der Waals surface area contributed by atoms with Gasteiger partial charge in [-0.25, -0.2) is 0 Å². The molecule has 0 saturated heterocycles. The molecule has 412 valence electrons. The molecule has 0 saturated carbocycles. The molecule has 0 heterocycles. The Morgan fingerprint density at radius 1 is 0.386 bits per heavy atom. The average Bonchev–Trinajstić information content (AvgIpc) is 3.36. The summed E-state index contributed by atoms with van der Waals surface area (Å²) in [5.41, 5.74) is 0. The van der Waals surface area contributed by atoms with E-state index >= 15 is 0 Å². The van der Waals surface area contributed by atoms with Gasteiger partial charge in [0, 0.05) is 12.8 Å². The van der Waals surface area contributed by atoms with Gasteiger partial charge < -0.3 is 20.3 Å². The van der Waals surface area contributed by atoms with Crippen LogP contribution in [0.2, 0.25) is 0 Å². The van der Waals surface area contributed by atoms with Crippen molar-refractivity contribution in [3.8, 4) is 0 Å². The highest BCUT2D eigenvalue weighted by Crippen LogP contribution is 2.17. The van der Waals surface area contributed by atoms with E-state index in [-0.39, 0.29) is 18.5 Å². The molecule has 0 radical (unpaired) electrons. The molecule has 0 aromatic rings. The number of nitrogens with one attached hydrogen (secondary N) is 1. The van der Waals surface area contributed by atoms with Crippen LogP contribution < -0.4 is 5.32 Å². The minimum atomic E-state index is -0.856. The first-order chi connectivity index (χ1) is 34.5. The van der Waals surface area contributed by atoms with Crippen LogP contribution in [0.5, 0.6) is 0 Å². The van der Waals surface area contributed by atoms with Crippen LogP contribution in [-0.4, -0.2) is 47.4 Å². The third kappa shape index (κ3) is 55.4. The van der Waals surface area contributed by atoms with Crippen LogP contribution in [0.4, 0.5) is 0 Å². The fraction of sp³-hybridized carbons (Fsp3) is 0.875. The van der Waals surface area contributed by atoms with Gasteiger partial charge in [-0.1, -0.05) is 275 Å². The third-order valence-corrected chi connectivity index (χ3v) is 14.4. The predicted molar refractivity (Wildman–Crippen MR) is 306 cm³/mol. The zero-order chi connectivity index (χ0) is 50.7. The number of allylic oxidation sites excluding steroid dienone is 5. The van der Waals surface area contributed by atoms with Crippen molar-refractivity contribution in [2.75, 3.05) is 13.2 Å². The molecule has 1 amide bonds. The van der Waals surface area contributed by atoms with E-state index < -0.39 is 12.1 Å². The molecule has 70 heavy (non-hydrogen) atoms. The number of carbonyl (C=O) groups excluding carboxylic acids is 2. The molecule has 6 heteroatoms. The van der Waals surface area contributed by atoms with Crippen molar-refractivity contribution >= 4 is 11.9 Å². The first-order valence-electron chi connectivity index (χ1n) is 31.3. The molecule has 0 bridgehead atoms. The maximum absolute atomic E-state index is 12.5. The predicted octanol–water partition coefficient (Wildman–Crippen LogP) is 19.6. The third-order valence-electron chi connectivity index (χ3n) is 14.4. The molecule has 3 N–H and O–H groups in total. The molecular formula is C64H121NO5. The Morgan fingerprint density at radius 2 is 0.671 bits per heavy atom. The van der Waals surface area contributed by atoms with Gasteiger partial charge in [-0.15, -0.1) is 0 Å². The molecule has 0 aromatic carbocycles. The summed E-state index contributed by atoms with van der Waals surface area (Å²) in [5.74, 6) is -0.0996. The number of aliphatic hydroxyl groups excluding tert-OH is 2. The topological polar surface area (TPSA) is 95.9 Å². The second-order valence-corrected chi connectivity index (χ2v) is 21.4. The Labute approximate surface area is 436 Å². The summed E-state index contributed by atoms with van der Waals surface area (Å²) < 4.78 is 5.46. The highest BCUT2D eigenvalue weighted by atomic mass is 16.5. The van der Waals surface area contributed by atoms with Crippen LogP contribution in [-0.2, 0) is 14.3 Å². The number of hydrogen-bond donors (Lipinski definition) is 3. The van der Waals surface area contributed by atoms with E-state index in [1.165, 1.54) is 238 Å². The van der Waals surface area contributed by atoms with Gasteiger partial charge in [0.1, 0.15) is 0 Å². The fourth-order valence-electron chi connectivity index (χ4n) is 9.57. The average molecular weight is 985 g/mol. The summed E-state index contributed by atoms with van der Waals surface area (Å²) in [4.78, 5) is 24.5. The largest absolute Gasteiger partial charge is 0.466 e. The Hall–Kier alpha value is -1.92. The standard InChI is InChI=1S/C64H121NO5/c1-3-5-7-9-11-13-15-17-19-20-21-22-23-24-25-26-29-32-36-40-44-48-52-56-62(67)61(60-66)65-63(68)57-53-49-45-41-37-33-30-27-31-35-39-43-47-51-55-59-70-64(69)58-54-50-46-42-38-34-28-18-16-14-12-10-8-6-4-2/h18,28,31,35,52,56,61-62,66-67H,3-17,19-27,29-30,32-34,36-51,53-55,57-60H2,1-2H3,(H,65,68)/b28-18-,35-31-,56-52+. The number of rotatable bonds is 58. The Balaban J connectivity index is 3.50. The normalized spacial score (nSPS) is 12.8. The van der Waals surface area contributed by atoms with Gasteiger partial charge in [0.05, 0.1) is 25.4 Å². The van der Waals surface area contributed by atoms with Crippen molar-refractivity contribution in [2.24, 2.45) is 0 Å². The number of carbonyl (C=O) groups is 2. The first kappa shape index (κ1) is 68.1. The molecule has 0 aliphatic carbocycles. The van der Waals surface area contributed by atoms with E-state index in [9.17, 15) is 19.8 Å². The minimum absolute atomic E-state index is 0.0188. The van der Waals surface area contributed by atoms with Gasteiger partial charge in [-0.2, -0.15) is 0 Å². The molecule has 0 rings (SSSR count). The van der Waals surface area contributed by atoms with Crippen LogP contribution in [0, 0.1) is 0 Å². The number of aliphatic hydroxyl groups is 2. The van der Waals surface area contributed by atoms with Crippen LogP contribution in [0.15, 0.2) is 36.5 Å². The van der Waals surface area contributed by atoms with E-state index in [4.69, 9.17) is 4.74 Å². The summed E-state index contributed by atoms with van der Waals surface area (Å²) in [6.07, 6.45) is 74.6. The molecule has 0 fully saturated rings. The molecule has 0 aliphatic heterocycles. The Morgan fingerprint density at radius 3 is 1.01 bits per heavy atom. The van der Waals surface area contributed by atoms with Crippen molar-refractivity contribution in [1.82, 2.24) is 5.32 Å². The van der Waals surface area contributed by atoms with E-state index in [0.29, 0.717) is 19.4 Å². The highest BCUT2D eigenvalue weighted by molar-refractivity contribution is 5.76. The molecule has 6 nitrogen and oxygen atoms in total. The van der Waals surface area contributed by atoms with Crippen molar-refractivity contribution in [3.63, 3.8) is 0 Å². The lowest BCUT2D eigenvalue weighted by Crippen LogP contribution is -2.45. The highest BCUT2D eigenvalue weighted by Gasteiger charge is 2.18. The van der Waals surface area contributed by atoms with Gasteiger partial charge in [0.15, 0.2) is 0 Å². The van der Waals surface area contributed by atoms with Crippen LogP contribution in [0.1, 0.15) is 335 Å². The van der Waals surface area contributed by atoms with Crippen LogP contribution >= 0.6 is 0 Å². The lowest BCUT2D eigenvalue weighted by atomic mass is 10.0. The fourth-order valence-corrected chi connectivity index (χ4v) is 9.57. The SMILES string of the molecule is CCCCCCCC/C=C\CCCCCCCC(=O)OCCCCCC/C=C\CCCCCCCCCC(=O)NC(CO)C(O)/C=C/CCCCCCCCCCCCCCCCCCCCCCC. The molecule has 0 spiro atoms. The summed E-state index contributed by atoms with van der Waals surface area (Å²) in [6.45, 7) is 4.88. The number of hydrogen-bond acceptors (Lipinski definition) is 5. The second kappa shape index (κ2) is 59.6. The molecule has 2 atom stereocenters. The number of unbranched alkanes of at least 4 members (excludes halogenated alkanes) is 43. The van der Waals surface area contributed by atoms with Gasteiger partial charge in [-0.3, -0.25) is 9.59 Å². The molecular weight excluding hydrogens is 863 g/mol. The van der Waals surface area contributed by atoms with E-state index in [1.807, 2.05) is 6.08 Å². The minimum Gasteiger partial charge on any atom is -0.466 e. The maximum atomic E-state index is 12.5. The second-order valence-electron chi connectivity index (χ2n) is 21.4. The molecule has 0 aromatic heterocycles. The van der Waals surface area contributed by atoms with Crippen molar-refractivity contribution in [3.05, 3.63) is 36.5 Å². The van der Waals surface area contributed by atoms with Gasteiger partial charge in [0.2, 0.25) is 5.91 Å². The number of amides is 1. The summed E-state index contributed by atoms with van der Waals surface area (Å²) in [6, 6.07) is -0.641. The molecule has 2 unspecified atom stereocenters. The smallest absolute Gasteiger partial charge is 0.305 e. The molecule has 0 aliphatic rings. The number of ether oxygens (including phenoxy) is 1. The van der Waals surface area contributed by atoms with Crippen molar-refractivity contribution in [1.29, 1.82) is 0 Å². The van der Waals surface area contributed by atoms with Crippen molar-refractivity contribution in [2.45, 2.75) is 347 Å². The monoisotopic (exact) mass is 984 g/mol. The van der Waals surface area contributed by atoms with Crippen molar-refractivity contribution < 1.29 is 24.5 Å². The van der Waals surface area contributed by atoms with Crippen LogP contribution in [0.3, 0.4) is 0 Å². The number of esters is 1. The first-order valence-corrected chi connectivity index (χ1v) is 31.3. The van der Waals surface area contributed by atoms with E-state index in [0.717, 1.165) is 70.6 Å². The summed E-state index contributed by atoms with van der Waals surface area (Å²) in [5, 5.41) is 23.2. The lowest BCUT2D eigenvalue weighted by Gasteiger charge is -2.20.